The molecule has 0 unspecified atom stereocenters. The first-order valence-electron chi connectivity index (χ1n) is 7.12. The van der Waals surface area contributed by atoms with Gasteiger partial charge < -0.3 is 4.98 Å². The predicted octanol–water partition coefficient (Wildman–Crippen LogP) is 7.25. The van der Waals surface area contributed by atoms with Crippen molar-refractivity contribution in [1.82, 2.24) is 4.98 Å². The number of rotatable bonds is 3. The first kappa shape index (κ1) is 17.5. The van der Waals surface area contributed by atoms with Gasteiger partial charge in [0.1, 0.15) is 5.69 Å². The molecule has 0 bridgehead atoms. The summed E-state index contributed by atoms with van der Waals surface area (Å²) >= 11 is 13.1. The van der Waals surface area contributed by atoms with Crippen LogP contribution >= 0.6 is 35.0 Å². The molecule has 1 heterocycles. The minimum Gasteiger partial charge on any atom is -0.350 e. The molecule has 0 atom stereocenters. The summed E-state index contributed by atoms with van der Waals surface area (Å²) in [5.74, 6) is 0. The van der Waals surface area contributed by atoms with Crippen LogP contribution in [0.4, 0.5) is 13.2 Å². The van der Waals surface area contributed by atoms with Gasteiger partial charge in [-0.3, -0.25) is 0 Å². The highest BCUT2D eigenvalue weighted by atomic mass is 35.5. The Balaban J connectivity index is 2.00. The Morgan fingerprint density at radius 2 is 1.71 bits per heavy atom. The number of H-pyrrole nitrogens is 1. The normalized spacial score (nSPS) is 15.2. The smallest absolute Gasteiger partial charge is 0.350 e. The van der Waals surface area contributed by atoms with E-state index in [1.165, 1.54) is 11.8 Å². The zero-order valence-corrected chi connectivity index (χ0v) is 14.6. The molecular weight excluding hydrogens is 378 g/mol. The Bertz CT molecular complexity index is 804. The maximum Gasteiger partial charge on any atom is 0.431 e. The van der Waals surface area contributed by atoms with E-state index in [1.807, 2.05) is 6.08 Å². The number of alkyl halides is 3. The standard InChI is InChI=1S/C17H12Cl2F3NS/c18-11-3-1-10(2-4-11)16-14(9-15(23-16)17(20,21)22)24-13-7-5-12(19)6-8-13/h1-5,7,9,23H,6,8H2. The topological polar surface area (TPSA) is 15.8 Å². The molecule has 0 amide bonds. The molecule has 3 rings (SSSR count). The molecule has 0 saturated carbocycles. The molecule has 0 aliphatic heterocycles. The summed E-state index contributed by atoms with van der Waals surface area (Å²) in [6.45, 7) is 0. The lowest BCUT2D eigenvalue weighted by atomic mass is 10.1. The number of hydrogen-bond donors (Lipinski definition) is 1. The van der Waals surface area contributed by atoms with Crippen LogP contribution in [0.25, 0.3) is 11.3 Å². The van der Waals surface area contributed by atoms with Gasteiger partial charge in [-0.2, -0.15) is 13.2 Å². The summed E-state index contributed by atoms with van der Waals surface area (Å²) in [4.78, 5) is 4.00. The minimum atomic E-state index is -4.43. The van der Waals surface area contributed by atoms with E-state index in [1.54, 1.807) is 30.3 Å². The lowest BCUT2D eigenvalue weighted by Crippen LogP contribution is -2.04. The zero-order valence-electron chi connectivity index (χ0n) is 12.3. The van der Waals surface area contributed by atoms with Crippen molar-refractivity contribution in [1.29, 1.82) is 0 Å². The number of allylic oxidation sites excluding steroid dienone is 4. The van der Waals surface area contributed by atoms with Crippen LogP contribution in [0.5, 0.6) is 0 Å². The quantitative estimate of drug-likeness (QED) is 0.584. The fraction of sp³-hybridized carbons (Fsp3) is 0.176. The van der Waals surface area contributed by atoms with Gasteiger partial charge >= 0.3 is 6.18 Å². The van der Waals surface area contributed by atoms with E-state index in [0.717, 1.165) is 16.0 Å². The first-order valence-corrected chi connectivity index (χ1v) is 8.69. The predicted molar refractivity (Wildman–Crippen MR) is 93.4 cm³/mol. The van der Waals surface area contributed by atoms with Crippen molar-refractivity contribution in [3.63, 3.8) is 0 Å². The van der Waals surface area contributed by atoms with Crippen molar-refractivity contribution < 1.29 is 13.2 Å². The third-order valence-electron chi connectivity index (χ3n) is 3.52. The van der Waals surface area contributed by atoms with Crippen molar-refractivity contribution in [2.24, 2.45) is 0 Å². The molecular formula is C17H12Cl2F3NS. The summed E-state index contributed by atoms with van der Waals surface area (Å²) < 4.78 is 39.3. The zero-order chi connectivity index (χ0) is 17.3. The first-order chi connectivity index (χ1) is 11.3. The van der Waals surface area contributed by atoms with E-state index in [4.69, 9.17) is 23.2 Å². The molecule has 24 heavy (non-hydrogen) atoms. The minimum absolute atomic E-state index is 0.436. The van der Waals surface area contributed by atoms with Gasteiger partial charge in [-0.25, -0.2) is 0 Å². The van der Waals surface area contributed by atoms with E-state index in [9.17, 15) is 13.2 Å². The molecule has 2 aromatic rings. The maximum atomic E-state index is 13.1. The van der Waals surface area contributed by atoms with Crippen LogP contribution in [0.3, 0.4) is 0 Å². The number of hydrogen-bond acceptors (Lipinski definition) is 1. The second-order valence-corrected chi connectivity index (χ2v) is 7.37. The highest BCUT2D eigenvalue weighted by Crippen LogP contribution is 2.42. The summed E-state index contributed by atoms with van der Waals surface area (Å²) in [6.07, 6.45) is 0.624. The van der Waals surface area contributed by atoms with E-state index < -0.39 is 11.9 Å². The highest BCUT2D eigenvalue weighted by Gasteiger charge is 2.34. The Hall–Kier alpha value is -1.30. The molecule has 126 valence electrons. The molecule has 1 nitrogen and oxygen atoms in total. The van der Waals surface area contributed by atoms with Crippen molar-refractivity contribution in [2.45, 2.75) is 23.9 Å². The van der Waals surface area contributed by atoms with Crippen molar-refractivity contribution in [3.05, 3.63) is 63.1 Å². The molecule has 1 aromatic carbocycles. The molecule has 1 aromatic heterocycles. The highest BCUT2D eigenvalue weighted by molar-refractivity contribution is 8.03. The van der Waals surface area contributed by atoms with Crippen LogP contribution in [0.2, 0.25) is 5.02 Å². The second kappa shape index (κ2) is 6.90. The van der Waals surface area contributed by atoms with Gasteiger partial charge in [-0.15, -0.1) is 0 Å². The van der Waals surface area contributed by atoms with E-state index >= 15 is 0 Å². The monoisotopic (exact) mass is 389 g/mol. The largest absolute Gasteiger partial charge is 0.431 e. The molecule has 0 spiro atoms. The number of halogens is 5. The van der Waals surface area contributed by atoms with Crippen molar-refractivity contribution in [3.8, 4) is 11.3 Å². The number of benzene rings is 1. The Morgan fingerprint density at radius 3 is 2.29 bits per heavy atom. The Morgan fingerprint density at radius 1 is 1.00 bits per heavy atom. The Kier molecular flexibility index (Phi) is 5.04. The van der Waals surface area contributed by atoms with E-state index in [0.29, 0.717) is 34.0 Å². The third-order valence-corrected chi connectivity index (χ3v) is 5.23. The molecule has 0 radical (unpaired) electrons. The molecule has 0 saturated heterocycles. The van der Waals surface area contributed by atoms with Crippen molar-refractivity contribution >= 4 is 35.0 Å². The van der Waals surface area contributed by atoms with Crippen LogP contribution in [0.15, 0.2) is 57.3 Å². The van der Waals surface area contributed by atoms with Gasteiger partial charge in [0.2, 0.25) is 0 Å². The van der Waals surface area contributed by atoms with Crippen molar-refractivity contribution in [2.75, 3.05) is 0 Å². The summed E-state index contributed by atoms with van der Waals surface area (Å²) in [6, 6.07) is 7.85. The molecule has 1 aliphatic carbocycles. The summed E-state index contributed by atoms with van der Waals surface area (Å²) in [5.41, 5.74) is 0.327. The number of aromatic nitrogens is 1. The van der Waals surface area contributed by atoms with Gasteiger partial charge in [-0.1, -0.05) is 53.2 Å². The average Bonchev–Trinajstić information content (AvgIpc) is 2.94. The number of nitrogens with one attached hydrogen (secondary N) is 1. The van der Waals surface area contributed by atoms with Gasteiger partial charge in [0.15, 0.2) is 0 Å². The van der Waals surface area contributed by atoms with Crippen LogP contribution < -0.4 is 0 Å². The van der Waals surface area contributed by atoms with Crippen LogP contribution in [-0.4, -0.2) is 4.98 Å². The van der Waals surface area contributed by atoms with Crippen LogP contribution in [-0.2, 0) is 6.18 Å². The summed E-state index contributed by atoms with van der Waals surface area (Å²) in [5, 5.41) is 1.28. The fourth-order valence-electron chi connectivity index (χ4n) is 2.32. The molecule has 1 N–H and O–H groups in total. The number of aromatic amines is 1. The lowest BCUT2D eigenvalue weighted by Gasteiger charge is -2.11. The third kappa shape index (κ3) is 4.02. The lowest BCUT2D eigenvalue weighted by molar-refractivity contribution is -0.140. The van der Waals surface area contributed by atoms with Gasteiger partial charge in [0.25, 0.3) is 0 Å². The molecule has 1 aliphatic rings. The van der Waals surface area contributed by atoms with E-state index in [2.05, 4.69) is 4.98 Å². The summed E-state index contributed by atoms with van der Waals surface area (Å²) in [7, 11) is 0. The SMILES string of the molecule is FC(F)(F)c1cc(SC2=CC=C(Cl)CC2)c(-c2ccc(Cl)cc2)[nH]1. The number of thioether (sulfide) groups is 1. The van der Waals surface area contributed by atoms with Crippen LogP contribution in [0.1, 0.15) is 18.5 Å². The van der Waals surface area contributed by atoms with Crippen LogP contribution in [0, 0.1) is 0 Å². The maximum absolute atomic E-state index is 13.1. The Labute approximate surface area is 151 Å². The van der Waals surface area contributed by atoms with Gasteiger partial charge in [-0.05, 0) is 47.6 Å². The average molecular weight is 390 g/mol. The molecule has 0 fully saturated rings. The fourth-order valence-corrected chi connectivity index (χ4v) is 3.67. The van der Waals surface area contributed by atoms with Gasteiger partial charge in [0.05, 0.1) is 5.69 Å². The second-order valence-electron chi connectivity index (χ2n) is 5.28. The van der Waals surface area contributed by atoms with Gasteiger partial charge in [0, 0.05) is 15.0 Å². The molecule has 7 heteroatoms. The van der Waals surface area contributed by atoms with E-state index in [-0.39, 0.29) is 0 Å².